The number of rotatable bonds is 2. The molecule has 0 unspecified atom stereocenters. The Bertz CT molecular complexity index is 503. The number of hydrogen-bond donors (Lipinski definition) is 1. The van der Waals surface area contributed by atoms with E-state index in [9.17, 15) is 19.1 Å². The quantitative estimate of drug-likeness (QED) is 0.912. The Morgan fingerprint density at radius 2 is 1.94 bits per heavy atom. The number of ketones is 1. The lowest BCUT2D eigenvalue weighted by Gasteiger charge is -2.33. The zero-order valence-electron chi connectivity index (χ0n) is 9.58. The van der Waals surface area contributed by atoms with Crippen molar-refractivity contribution in [1.82, 2.24) is 0 Å². The van der Waals surface area contributed by atoms with Crippen LogP contribution in [0.1, 0.15) is 31.2 Å². The third kappa shape index (κ3) is 2.19. The summed E-state index contributed by atoms with van der Waals surface area (Å²) in [6.07, 6.45) is 1.08. The van der Waals surface area contributed by atoms with Crippen LogP contribution in [-0.4, -0.2) is 16.9 Å². The number of carbonyl (C=O) groups is 2. The molecule has 1 fully saturated rings. The number of hydrogen-bond acceptors (Lipinski definition) is 2. The average Bonchev–Trinajstić information content (AvgIpc) is 2.34. The molecule has 5 heteroatoms. The fourth-order valence-corrected chi connectivity index (χ4v) is 2.75. The van der Waals surface area contributed by atoms with Crippen molar-refractivity contribution in [3.05, 3.63) is 34.1 Å². The highest BCUT2D eigenvalue weighted by Crippen LogP contribution is 2.39. The second-order valence-electron chi connectivity index (χ2n) is 4.55. The maximum absolute atomic E-state index is 13.2. The molecule has 96 valence electrons. The SMILES string of the molecule is O=C1CCC(C(=O)O)(c2ccc(F)c(Br)c2)CC1. The molecule has 0 amide bonds. The van der Waals surface area contributed by atoms with Gasteiger partial charge in [0.05, 0.1) is 9.89 Å². The summed E-state index contributed by atoms with van der Waals surface area (Å²) in [5.74, 6) is -1.28. The molecule has 18 heavy (non-hydrogen) atoms. The Hall–Kier alpha value is -1.23. The van der Waals surface area contributed by atoms with Crippen LogP contribution in [0.3, 0.4) is 0 Å². The van der Waals surface area contributed by atoms with Gasteiger partial charge in [-0.2, -0.15) is 0 Å². The first kappa shape index (κ1) is 13.2. The highest BCUT2D eigenvalue weighted by atomic mass is 79.9. The molecule has 0 bridgehead atoms. The lowest BCUT2D eigenvalue weighted by Crippen LogP contribution is -2.39. The molecule has 1 aromatic rings. The first-order valence-corrected chi connectivity index (χ1v) is 6.46. The third-order valence-corrected chi connectivity index (χ3v) is 4.15. The minimum Gasteiger partial charge on any atom is -0.481 e. The van der Waals surface area contributed by atoms with Crippen LogP contribution >= 0.6 is 15.9 Å². The van der Waals surface area contributed by atoms with Gasteiger partial charge in [0.1, 0.15) is 11.6 Å². The number of carboxylic acid groups (broad SMARTS) is 1. The van der Waals surface area contributed by atoms with E-state index in [4.69, 9.17) is 0 Å². The molecule has 0 radical (unpaired) electrons. The van der Waals surface area contributed by atoms with Crippen LogP contribution in [0.4, 0.5) is 4.39 Å². The number of carboxylic acids is 1. The molecular weight excluding hydrogens is 303 g/mol. The predicted octanol–water partition coefficient (Wildman–Crippen LogP) is 3.05. The topological polar surface area (TPSA) is 54.4 Å². The van der Waals surface area contributed by atoms with E-state index in [-0.39, 0.29) is 35.9 Å². The van der Waals surface area contributed by atoms with E-state index in [1.165, 1.54) is 18.2 Å². The molecule has 3 nitrogen and oxygen atoms in total. The van der Waals surface area contributed by atoms with Crippen LogP contribution < -0.4 is 0 Å². The number of benzene rings is 1. The van der Waals surface area contributed by atoms with Crippen molar-refractivity contribution < 1.29 is 19.1 Å². The van der Waals surface area contributed by atoms with Crippen molar-refractivity contribution in [2.45, 2.75) is 31.1 Å². The van der Waals surface area contributed by atoms with Gasteiger partial charge in [-0.05, 0) is 46.5 Å². The summed E-state index contributed by atoms with van der Waals surface area (Å²) in [6, 6.07) is 4.24. The van der Waals surface area contributed by atoms with Gasteiger partial charge in [-0.25, -0.2) is 4.39 Å². The van der Waals surface area contributed by atoms with Crippen LogP contribution in [-0.2, 0) is 15.0 Å². The van der Waals surface area contributed by atoms with Crippen molar-refractivity contribution in [3.8, 4) is 0 Å². The van der Waals surface area contributed by atoms with E-state index in [1.54, 1.807) is 0 Å². The number of halogens is 2. The minimum absolute atomic E-state index is 0.0908. The van der Waals surface area contributed by atoms with Crippen LogP contribution in [0.2, 0.25) is 0 Å². The van der Waals surface area contributed by atoms with Gasteiger partial charge in [-0.1, -0.05) is 6.07 Å². The van der Waals surface area contributed by atoms with Gasteiger partial charge < -0.3 is 5.11 Å². The molecular formula is C13H12BrFO3. The smallest absolute Gasteiger partial charge is 0.314 e. The van der Waals surface area contributed by atoms with Crippen molar-refractivity contribution in [3.63, 3.8) is 0 Å². The zero-order valence-corrected chi connectivity index (χ0v) is 11.2. The first-order valence-electron chi connectivity index (χ1n) is 5.66. The summed E-state index contributed by atoms with van der Waals surface area (Å²) in [7, 11) is 0. The molecule has 1 N–H and O–H groups in total. The largest absolute Gasteiger partial charge is 0.481 e. The highest BCUT2D eigenvalue weighted by molar-refractivity contribution is 9.10. The number of carbonyl (C=O) groups excluding carboxylic acids is 1. The third-order valence-electron chi connectivity index (χ3n) is 3.54. The van der Waals surface area contributed by atoms with Gasteiger partial charge in [0.15, 0.2) is 0 Å². The molecule has 0 aromatic heterocycles. The van der Waals surface area contributed by atoms with E-state index in [0.29, 0.717) is 5.56 Å². The molecule has 0 atom stereocenters. The summed E-state index contributed by atoms with van der Waals surface area (Å²) in [4.78, 5) is 22.8. The lowest BCUT2D eigenvalue weighted by molar-refractivity contribution is -0.146. The second kappa shape index (κ2) is 4.80. The van der Waals surface area contributed by atoms with Crippen molar-refractivity contribution in [2.75, 3.05) is 0 Å². The van der Waals surface area contributed by atoms with Gasteiger partial charge in [-0.3, -0.25) is 9.59 Å². The van der Waals surface area contributed by atoms with Gasteiger partial charge in [0.25, 0.3) is 0 Å². The Balaban J connectivity index is 2.44. The van der Waals surface area contributed by atoms with Crippen LogP contribution in [0.5, 0.6) is 0 Å². The monoisotopic (exact) mass is 314 g/mol. The van der Waals surface area contributed by atoms with E-state index in [1.807, 2.05) is 0 Å². The number of Topliss-reactive ketones (excluding diaryl/α,β-unsaturated/α-hetero) is 1. The Morgan fingerprint density at radius 3 is 2.44 bits per heavy atom. The second-order valence-corrected chi connectivity index (χ2v) is 5.41. The fourth-order valence-electron chi connectivity index (χ4n) is 2.38. The van der Waals surface area contributed by atoms with Gasteiger partial charge in [0, 0.05) is 12.8 Å². The molecule has 0 heterocycles. The summed E-state index contributed by atoms with van der Waals surface area (Å²) in [6.45, 7) is 0. The van der Waals surface area contributed by atoms with Crippen LogP contribution in [0.25, 0.3) is 0 Å². The Kier molecular flexibility index (Phi) is 3.52. The van der Waals surface area contributed by atoms with Crippen molar-refractivity contribution in [1.29, 1.82) is 0 Å². The molecule has 0 aliphatic heterocycles. The zero-order chi connectivity index (χ0) is 13.3. The van der Waals surface area contributed by atoms with E-state index >= 15 is 0 Å². The molecule has 1 aliphatic carbocycles. The van der Waals surface area contributed by atoms with Crippen molar-refractivity contribution in [2.24, 2.45) is 0 Å². The maximum atomic E-state index is 13.2. The van der Waals surface area contributed by atoms with E-state index < -0.39 is 17.2 Å². The molecule has 2 rings (SSSR count). The summed E-state index contributed by atoms with van der Waals surface area (Å²) in [5, 5.41) is 9.47. The maximum Gasteiger partial charge on any atom is 0.314 e. The van der Waals surface area contributed by atoms with E-state index in [0.717, 1.165) is 0 Å². The fraction of sp³-hybridized carbons (Fsp3) is 0.385. The normalized spacial score (nSPS) is 18.7. The first-order chi connectivity index (χ1) is 8.45. The van der Waals surface area contributed by atoms with Crippen LogP contribution in [0.15, 0.2) is 22.7 Å². The predicted molar refractivity (Wildman–Crippen MR) is 66.9 cm³/mol. The average molecular weight is 315 g/mol. The molecule has 0 saturated heterocycles. The van der Waals surface area contributed by atoms with E-state index in [2.05, 4.69) is 15.9 Å². The standard InChI is InChI=1S/C13H12BrFO3/c14-10-7-8(1-2-11(10)15)13(12(17)18)5-3-9(16)4-6-13/h1-2,7H,3-6H2,(H,17,18). The lowest BCUT2D eigenvalue weighted by atomic mass is 9.69. The number of aliphatic carboxylic acids is 1. The summed E-state index contributed by atoms with van der Waals surface area (Å²) in [5.41, 5.74) is -0.514. The van der Waals surface area contributed by atoms with Gasteiger partial charge in [-0.15, -0.1) is 0 Å². The molecule has 1 aromatic carbocycles. The van der Waals surface area contributed by atoms with Crippen molar-refractivity contribution >= 4 is 27.7 Å². The highest BCUT2D eigenvalue weighted by Gasteiger charge is 2.43. The summed E-state index contributed by atoms with van der Waals surface area (Å²) >= 11 is 3.06. The Labute approximate surface area is 112 Å². The van der Waals surface area contributed by atoms with Gasteiger partial charge in [0.2, 0.25) is 0 Å². The van der Waals surface area contributed by atoms with Crippen LogP contribution in [0, 0.1) is 5.82 Å². The van der Waals surface area contributed by atoms with Gasteiger partial charge >= 0.3 is 5.97 Å². The molecule has 1 saturated carbocycles. The summed E-state index contributed by atoms with van der Waals surface area (Å²) < 4.78 is 13.5. The molecule has 0 spiro atoms. The molecule has 1 aliphatic rings. The minimum atomic E-state index is -1.07. The Morgan fingerprint density at radius 1 is 1.33 bits per heavy atom.